The van der Waals surface area contributed by atoms with Gasteiger partial charge in [-0.1, -0.05) is 42.0 Å². The van der Waals surface area contributed by atoms with Crippen molar-refractivity contribution in [2.75, 3.05) is 14.2 Å². The molecule has 0 unspecified atom stereocenters. The molecule has 10 nitrogen and oxygen atoms in total. The van der Waals surface area contributed by atoms with Crippen molar-refractivity contribution in [1.29, 1.82) is 0 Å². The molecule has 0 bridgehead atoms. The summed E-state index contributed by atoms with van der Waals surface area (Å²) in [5.41, 5.74) is 3.89. The lowest BCUT2D eigenvalue weighted by molar-refractivity contribution is -0.385. The normalized spacial score (nSPS) is 20.1. The van der Waals surface area contributed by atoms with Gasteiger partial charge in [0.25, 0.3) is 11.4 Å². The van der Waals surface area contributed by atoms with Crippen molar-refractivity contribution in [2.45, 2.75) is 69.6 Å². The van der Waals surface area contributed by atoms with Gasteiger partial charge in [-0.15, -0.1) is 0 Å². The summed E-state index contributed by atoms with van der Waals surface area (Å²) in [4.78, 5) is 42.7. The molecule has 2 aliphatic rings. The van der Waals surface area contributed by atoms with E-state index < -0.39 is 0 Å². The number of nitro benzene ring substituents is 2. The number of esters is 2. The Bertz CT molecular complexity index is 1270. The number of methoxy groups -OCH3 is 2. The Kier molecular flexibility index (Phi) is 12.4. The fourth-order valence-corrected chi connectivity index (χ4v) is 5.50. The number of benzene rings is 2. The number of hydrogen-bond donors (Lipinski definition) is 0. The van der Waals surface area contributed by atoms with Gasteiger partial charge >= 0.3 is 11.9 Å². The summed E-state index contributed by atoms with van der Waals surface area (Å²) < 4.78 is 9.21. The zero-order valence-corrected chi connectivity index (χ0v) is 24.1. The first kappa shape index (κ1) is 32.2. The third-order valence-corrected chi connectivity index (χ3v) is 8.04. The molecular weight excluding hydrogens is 540 g/mol. The molecule has 224 valence electrons. The standard InChI is InChI=1S/2C16H19NO4/c2*1-21-16(18)11-4-12-2-5-13(6-3-12)14-7-9-15(10-8-14)17(19)20/h4,7-10,13H,2-3,5-6,11H2,1H3;4,7-13H,2-3,5-6H2,1H3/b;11-4+. The second-order valence-electron chi connectivity index (χ2n) is 10.6. The van der Waals surface area contributed by atoms with Gasteiger partial charge in [0, 0.05) is 30.3 Å². The van der Waals surface area contributed by atoms with Crippen LogP contribution in [-0.4, -0.2) is 36.0 Å². The van der Waals surface area contributed by atoms with Crippen LogP contribution in [0.3, 0.4) is 0 Å². The Hall–Kier alpha value is -4.34. The van der Waals surface area contributed by atoms with E-state index in [-0.39, 0.29) is 33.2 Å². The van der Waals surface area contributed by atoms with E-state index in [9.17, 15) is 29.8 Å². The molecule has 0 radical (unpaired) electrons. The summed E-state index contributed by atoms with van der Waals surface area (Å²) in [5, 5.41) is 21.3. The second kappa shape index (κ2) is 16.2. The minimum absolute atomic E-state index is 0.133. The zero-order chi connectivity index (χ0) is 30.5. The predicted octanol–water partition coefficient (Wildman–Crippen LogP) is 7.34. The zero-order valence-electron chi connectivity index (χ0n) is 24.1. The van der Waals surface area contributed by atoms with Crippen LogP contribution in [0.15, 0.2) is 72.3 Å². The first-order valence-electron chi connectivity index (χ1n) is 14.2. The van der Waals surface area contributed by atoms with Crippen molar-refractivity contribution >= 4 is 23.3 Å². The van der Waals surface area contributed by atoms with Crippen LogP contribution in [0.2, 0.25) is 0 Å². The maximum Gasteiger partial charge on any atom is 0.330 e. The van der Waals surface area contributed by atoms with Crippen LogP contribution in [0.4, 0.5) is 11.4 Å². The average Bonchev–Trinajstić information content (AvgIpc) is 3.03. The van der Waals surface area contributed by atoms with Gasteiger partial charge in [0.15, 0.2) is 0 Å². The lowest BCUT2D eigenvalue weighted by Gasteiger charge is -2.26. The van der Waals surface area contributed by atoms with E-state index in [2.05, 4.69) is 9.47 Å². The van der Waals surface area contributed by atoms with E-state index in [4.69, 9.17) is 0 Å². The third-order valence-electron chi connectivity index (χ3n) is 8.04. The predicted molar refractivity (Wildman–Crippen MR) is 158 cm³/mol. The van der Waals surface area contributed by atoms with Crippen LogP contribution < -0.4 is 0 Å². The number of nitro groups is 2. The smallest absolute Gasteiger partial charge is 0.330 e. The van der Waals surface area contributed by atoms with Gasteiger partial charge in [0.05, 0.1) is 30.5 Å². The van der Waals surface area contributed by atoms with Gasteiger partial charge in [0.2, 0.25) is 0 Å². The van der Waals surface area contributed by atoms with Crippen molar-refractivity contribution in [3.63, 3.8) is 0 Å². The number of allylic oxidation sites excluding steroid dienone is 2. The van der Waals surface area contributed by atoms with Crippen LogP contribution in [-0.2, 0) is 19.1 Å². The molecule has 0 spiro atoms. The summed E-state index contributed by atoms with van der Waals surface area (Å²) in [6.07, 6.45) is 13.8. The van der Waals surface area contributed by atoms with Gasteiger partial charge in [-0.25, -0.2) is 4.79 Å². The van der Waals surface area contributed by atoms with Gasteiger partial charge in [-0.05, 0) is 80.2 Å². The summed E-state index contributed by atoms with van der Waals surface area (Å²) in [6, 6.07) is 13.7. The number of nitrogens with zero attached hydrogens (tertiary/aromatic N) is 2. The first-order valence-corrected chi connectivity index (χ1v) is 14.2. The summed E-state index contributed by atoms with van der Waals surface area (Å²) in [7, 11) is 2.77. The average molecular weight is 579 g/mol. The van der Waals surface area contributed by atoms with E-state index in [1.165, 1.54) is 25.9 Å². The Morgan fingerprint density at radius 2 is 1.24 bits per heavy atom. The highest BCUT2D eigenvalue weighted by Crippen LogP contribution is 2.37. The molecule has 0 aromatic heterocycles. The molecule has 2 aliphatic carbocycles. The SMILES string of the molecule is COC(=O)/C=C/C1CCC(c2ccc([N+](=O)[O-])cc2)CC1.COC(=O)CC=C1CCC(c2ccc([N+](=O)[O-])cc2)CC1. The second-order valence-corrected chi connectivity index (χ2v) is 10.6. The van der Waals surface area contributed by atoms with Crippen LogP contribution in [0.5, 0.6) is 0 Å². The molecule has 2 aromatic carbocycles. The molecule has 0 amide bonds. The van der Waals surface area contributed by atoms with E-state index in [0.717, 1.165) is 62.5 Å². The molecule has 4 rings (SSSR count). The summed E-state index contributed by atoms with van der Waals surface area (Å²) in [5.74, 6) is 0.792. The van der Waals surface area contributed by atoms with E-state index in [0.29, 0.717) is 24.2 Å². The molecular formula is C32H38N2O8. The van der Waals surface area contributed by atoms with Gasteiger partial charge in [-0.3, -0.25) is 25.0 Å². The minimum Gasteiger partial charge on any atom is -0.469 e. The first-order chi connectivity index (χ1) is 20.2. The van der Waals surface area contributed by atoms with E-state index in [1.54, 1.807) is 24.3 Å². The minimum atomic E-state index is -0.377. The maximum absolute atomic E-state index is 11.1. The Morgan fingerprint density at radius 3 is 1.67 bits per heavy atom. The fourth-order valence-electron chi connectivity index (χ4n) is 5.50. The molecule has 10 heteroatoms. The number of carbonyl (C=O) groups is 2. The van der Waals surface area contributed by atoms with Gasteiger partial charge in [-0.2, -0.15) is 0 Å². The summed E-state index contributed by atoms with van der Waals surface area (Å²) in [6.45, 7) is 0. The molecule has 2 saturated carbocycles. The molecule has 0 saturated heterocycles. The summed E-state index contributed by atoms with van der Waals surface area (Å²) >= 11 is 0. The molecule has 0 atom stereocenters. The van der Waals surface area contributed by atoms with E-state index in [1.807, 2.05) is 36.4 Å². The monoisotopic (exact) mass is 578 g/mol. The molecule has 0 N–H and O–H groups in total. The van der Waals surface area contributed by atoms with Gasteiger partial charge in [0.1, 0.15) is 0 Å². The molecule has 2 aromatic rings. The van der Waals surface area contributed by atoms with Crippen LogP contribution in [0.1, 0.15) is 80.8 Å². The molecule has 0 aliphatic heterocycles. The number of ether oxygens (including phenoxy) is 2. The quantitative estimate of drug-likeness (QED) is 0.104. The molecule has 2 fully saturated rings. The van der Waals surface area contributed by atoms with Crippen molar-refractivity contribution in [1.82, 2.24) is 0 Å². The highest BCUT2D eigenvalue weighted by molar-refractivity contribution is 5.81. The topological polar surface area (TPSA) is 139 Å². The lowest BCUT2D eigenvalue weighted by atomic mass is 9.78. The Labute approximate surface area is 245 Å². The lowest BCUT2D eigenvalue weighted by Crippen LogP contribution is -2.12. The third kappa shape index (κ3) is 9.94. The molecule has 42 heavy (non-hydrogen) atoms. The van der Waals surface area contributed by atoms with Crippen LogP contribution in [0, 0.1) is 26.1 Å². The van der Waals surface area contributed by atoms with Gasteiger partial charge < -0.3 is 9.47 Å². The highest BCUT2D eigenvalue weighted by Gasteiger charge is 2.22. The highest BCUT2D eigenvalue weighted by atomic mass is 16.6. The Morgan fingerprint density at radius 1 is 0.762 bits per heavy atom. The fraction of sp³-hybridized carbons (Fsp3) is 0.438. The number of rotatable bonds is 8. The number of carbonyl (C=O) groups excluding carboxylic acids is 2. The van der Waals surface area contributed by atoms with Crippen molar-refractivity contribution in [2.24, 2.45) is 5.92 Å². The largest absolute Gasteiger partial charge is 0.469 e. The van der Waals surface area contributed by atoms with Crippen LogP contribution >= 0.6 is 0 Å². The Balaban J connectivity index is 0.000000230. The number of hydrogen-bond acceptors (Lipinski definition) is 8. The van der Waals surface area contributed by atoms with Crippen molar-refractivity contribution < 1.29 is 28.9 Å². The van der Waals surface area contributed by atoms with E-state index >= 15 is 0 Å². The van der Waals surface area contributed by atoms with Crippen molar-refractivity contribution in [3.8, 4) is 0 Å². The van der Waals surface area contributed by atoms with Crippen LogP contribution in [0.25, 0.3) is 0 Å². The number of non-ortho nitro benzene ring substituents is 2. The maximum atomic E-state index is 11.1. The molecule has 0 heterocycles. The van der Waals surface area contributed by atoms with Crippen molar-refractivity contribution in [3.05, 3.63) is 104 Å².